The second-order valence-corrected chi connectivity index (χ2v) is 6.28. The summed E-state index contributed by atoms with van der Waals surface area (Å²) in [4.78, 5) is 5.19. The van der Waals surface area contributed by atoms with Gasteiger partial charge in [-0.15, -0.1) is 11.3 Å². The molecule has 132 valence electrons. The van der Waals surface area contributed by atoms with E-state index in [0.29, 0.717) is 23.9 Å². The lowest BCUT2D eigenvalue weighted by molar-refractivity contribution is 0.294. The molecular formula is C19H17N3O3S. The van der Waals surface area contributed by atoms with Crippen LogP contribution in [0.1, 0.15) is 24.8 Å². The molecule has 0 aliphatic rings. The summed E-state index contributed by atoms with van der Waals surface area (Å²) in [5.74, 6) is 1.93. The molecule has 0 saturated carbocycles. The number of benzene rings is 1. The molecular weight excluding hydrogens is 350 g/mol. The highest BCUT2D eigenvalue weighted by Crippen LogP contribution is 2.30. The second kappa shape index (κ2) is 8.32. The third kappa shape index (κ3) is 3.92. The second-order valence-electron chi connectivity index (χ2n) is 5.33. The number of rotatable bonds is 7. The van der Waals surface area contributed by atoms with Gasteiger partial charge in [0.1, 0.15) is 11.6 Å². The van der Waals surface area contributed by atoms with E-state index in [-0.39, 0.29) is 11.5 Å². The summed E-state index contributed by atoms with van der Waals surface area (Å²) in [6, 6.07) is 11.4. The zero-order valence-electron chi connectivity index (χ0n) is 14.4. The Morgan fingerprint density at radius 2 is 2.23 bits per heavy atom. The van der Waals surface area contributed by atoms with Crippen molar-refractivity contribution in [2.45, 2.75) is 13.3 Å². The van der Waals surface area contributed by atoms with Crippen LogP contribution in [-0.4, -0.2) is 23.9 Å². The molecule has 0 unspecified atom stereocenters. The van der Waals surface area contributed by atoms with Gasteiger partial charge in [-0.1, -0.05) is 24.2 Å². The maximum atomic E-state index is 9.48. The van der Waals surface area contributed by atoms with Crippen molar-refractivity contribution in [3.63, 3.8) is 0 Å². The standard InChI is InChI=1S/C19H17N3O3S/c1-3-8-24-15-7-6-13(11-16(15)23-2)10-14(12-20)19-21-18(22-25-19)17-5-4-9-26-17/h4-7,9-11H,3,8H2,1-2H3/b14-10+. The van der Waals surface area contributed by atoms with Crippen LogP contribution in [0, 0.1) is 11.3 Å². The first-order chi connectivity index (χ1) is 12.7. The fourth-order valence-electron chi connectivity index (χ4n) is 2.25. The lowest BCUT2D eigenvalue weighted by atomic mass is 10.1. The van der Waals surface area contributed by atoms with Crippen LogP contribution in [0.25, 0.3) is 22.4 Å². The number of hydrogen-bond acceptors (Lipinski definition) is 7. The predicted molar refractivity (Wildman–Crippen MR) is 99.9 cm³/mol. The first kappa shape index (κ1) is 17.7. The van der Waals surface area contributed by atoms with Crippen molar-refractivity contribution in [2.75, 3.05) is 13.7 Å². The molecule has 6 nitrogen and oxygen atoms in total. The van der Waals surface area contributed by atoms with Crippen LogP contribution in [0.4, 0.5) is 0 Å². The van der Waals surface area contributed by atoms with E-state index in [9.17, 15) is 5.26 Å². The number of nitrogens with zero attached hydrogens (tertiary/aromatic N) is 3. The summed E-state index contributed by atoms with van der Waals surface area (Å²) in [5.41, 5.74) is 1.06. The average Bonchev–Trinajstić information content (AvgIpc) is 3.36. The highest BCUT2D eigenvalue weighted by atomic mass is 32.1. The van der Waals surface area contributed by atoms with Gasteiger partial charge in [0, 0.05) is 0 Å². The summed E-state index contributed by atoms with van der Waals surface area (Å²) >= 11 is 1.51. The van der Waals surface area contributed by atoms with Crippen LogP contribution in [-0.2, 0) is 0 Å². The largest absolute Gasteiger partial charge is 0.493 e. The van der Waals surface area contributed by atoms with Gasteiger partial charge < -0.3 is 14.0 Å². The number of methoxy groups -OCH3 is 1. The van der Waals surface area contributed by atoms with Gasteiger partial charge in [-0.2, -0.15) is 10.2 Å². The van der Waals surface area contributed by atoms with Crippen molar-refractivity contribution >= 4 is 23.0 Å². The van der Waals surface area contributed by atoms with E-state index in [1.807, 2.05) is 36.6 Å². The fraction of sp³-hybridized carbons (Fsp3) is 0.211. The summed E-state index contributed by atoms with van der Waals surface area (Å²) in [6.45, 7) is 2.65. The Kier molecular flexibility index (Phi) is 5.66. The summed E-state index contributed by atoms with van der Waals surface area (Å²) in [6.07, 6.45) is 2.59. The minimum atomic E-state index is 0.182. The van der Waals surface area contributed by atoms with Crippen LogP contribution in [0.15, 0.2) is 40.2 Å². The molecule has 0 bridgehead atoms. The van der Waals surface area contributed by atoms with Gasteiger partial charge in [0.05, 0.1) is 18.6 Å². The maximum absolute atomic E-state index is 9.48. The third-order valence-corrected chi connectivity index (χ3v) is 4.34. The molecule has 2 aromatic heterocycles. The Labute approximate surface area is 155 Å². The molecule has 0 spiro atoms. The number of aromatic nitrogens is 2. The van der Waals surface area contributed by atoms with Gasteiger partial charge in [-0.3, -0.25) is 0 Å². The first-order valence-electron chi connectivity index (χ1n) is 8.05. The number of hydrogen-bond donors (Lipinski definition) is 0. The van der Waals surface area contributed by atoms with Gasteiger partial charge in [0.15, 0.2) is 11.5 Å². The van der Waals surface area contributed by atoms with Crippen molar-refractivity contribution in [1.29, 1.82) is 5.26 Å². The van der Waals surface area contributed by atoms with Gasteiger partial charge >= 0.3 is 0 Å². The maximum Gasteiger partial charge on any atom is 0.268 e. The molecule has 0 fully saturated rings. The van der Waals surface area contributed by atoms with Gasteiger partial charge in [0.25, 0.3) is 5.89 Å². The monoisotopic (exact) mass is 367 g/mol. The number of ether oxygens (including phenoxy) is 2. The Bertz CT molecular complexity index is 939. The van der Waals surface area contributed by atoms with Crippen molar-refractivity contribution in [3.05, 3.63) is 47.2 Å². The van der Waals surface area contributed by atoms with Crippen molar-refractivity contribution < 1.29 is 14.0 Å². The molecule has 26 heavy (non-hydrogen) atoms. The Morgan fingerprint density at radius 1 is 1.35 bits per heavy atom. The smallest absolute Gasteiger partial charge is 0.268 e. The number of nitriles is 1. The topological polar surface area (TPSA) is 81.2 Å². The molecule has 3 rings (SSSR count). The summed E-state index contributed by atoms with van der Waals surface area (Å²) in [7, 11) is 1.58. The highest BCUT2D eigenvalue weighted by Gasteiger charge is 2.14. The quantitative estimate of drug-likeness (QED) is 0.565. The Balaban J connectivity index is 1.88. The minimum Gasteiger partial charge on any atom is -0.493 e. The number of thiophene rings is 1. The van der Waals surface area contributed by atoms with Gasteiger partial charge in [-0.25, -0.2) is 0 Å². The van der Waals surface area contributed by atoms with E-state index in [4.69, 9.17) is 14.0 Å². The van der Waals surface area contributed by atoms with E-state index < -0.39 is 0 Å². The van der Waals surface area contributed by atoms with Crippen molar-refractivity contribution in [3.8, 4) is 28.3 Å². The average molecular weight is 367 g/mol. The lowest BCUT2D eigenvalue weighted by Crippen LogP contribution is -1.97. The van der Waals surface area contributed by atoms with Crippen LogP contribution >= 0.6 is 11.3 Å². The van der Waals surface area contributed by atoms with E-state index in [0.717, 1.165) is 16.9 Å². The molecule has 3 aromatic rings. The lowest BCUT2D eigenvalue weighted by Gasteiger charge is -2.10. The fourth-order valence-corrected chi connectivity index (χ4v) is 2.90. The summed E-state index contributed by atoms with van der Waals surface area (Å²) in [5, 5.41) is 15.3. The Morgan fingerprint density at radius 3 is 2.92 bits per heavy atom. The van der Waals surface area contributed by atoms with E-state index >= 15 is 0 Å². The van der Waals surface area contributed by atoms with Crippen molar-refractivity contribution in [1.82, 2.24) is 10.1 Å². The third-order valence-electron chi connectivity index (χ3n) is 3.48. The SMILES string of the molecule is CCCOc1ccc(/C=C(\C#N)c2nc(-c3cccs3)no2)cc1OC. The van der Waals surface area contributed by atoms with E-state index in [1.165, 1.54) is 11.3 Å². The summed E-state index contributed by atoms with van der Waals surface area (Å²) < 4.78 is 16.3. The molecule has 0 N–H and O–H groups in total. The van der Waals surface area contributed by atoms with Gasteiger partial charge in [0.2, 0.25) is 5.82 Å². The normalized spacial score (nSPS) is 11.2. The van der Waals surface area contributed by atoms with Crippen LogP contribution in [0.5, 0.6) is 11.5 Å². The van der Waals surface area contributed by atoms with Gasteiger partial charge in [-0.05, 0) is 41.6 Å². The van der Waals surface area contributed by atoms with Crippen LogP contribution in [0.3, 0.4) is 0 Å². The van der Waals surface area contributed by atoms with E-state index in [1.54, 1.807) is 19.3 Å². The zero-order valence-corrected chi connectivity index (χ0v) is 15.2. The zero-order chi connectivity index (χ0) is 18.4. The molecule has 0 aliphatic heterocycles. The Hall–Kier alpha value is -3.11. The highest BCUT2D eigenvalue weighted by molar-refractivity contribution is 7.13. The molecule has 0 radical (unpaired) electrons. The molecule has 0 amide bonds. The predicted octanol–water partition coefficient (Wildman–Crippen LogP) is 4.66. The van der Waals surface area contributed by atoms with E-state index in [2.05, 4.69) is 16.2 Å². The van der Waals surface area contributed by atoms with Crippen LogP contribution < -0.4 is 9.47 Å². The molecule has 0 atom stereocenters. The first-order valence-corrected chi connectivity index (χ1v) is 8.93. The molecule has 1 aromatic carbocycles. The molecule has 2 heterocycles. The molecule has 7 heteroatoms. The van der Waals surface area contributed by atoms with Crippen LogP contribution in [0.2, 0.25) is 0 Å². The number of allylic oxidation sites excluding steroid dienone is 1. The molecule has 0 aliphatic carbocycles. The molecule has 0 saturated heterocycles. The minimum absolute atomic E-state index is 0.182. The van der Waals surface area contributed by atoms with Crippen molar-refractivity contribution in [2.24, 2.45) is 0 Å².